The number of benzene rings is 2. The lowest BCUT2D eigenvalue weighted by molar-refractivity contribution is -0.123. The number of hydrogen-bond acceptors (Lipinski definition) is 6. The van der Waals surface area contributed by atoms with Gasteiger partial charge in [0.1, 0.15) is 11.5 Å². The molecule has 0 bridgehead atoms. The number of amides is 1. The Labute approximate surface area is 170 Å². The molecule has 0 saturated heterocycles. The highest BCUT2D eigenvalue weighted by Gasteiger charge is 2.21. The van der Waals surface area contributed by atoms with Crippen LogP contribution in [0.4, 0.5) is 0 Å². The molecule has 0 aliphatic rings. The second kappa shape index (κ2) is 9.53. The third-order valence-corrected chi connectivity index (χ3v) is 6.05. The zero-order chi connectivity index (χ0) is 21.6. The van der Waals surface area contributed by atoms with E-state index in [1.54, 1.807) is 30.3 Å². The molecule has 29 heavy (non-hydrogen) atoms. The van der Waals surface area contributed by atoms with E-state index in [0.717, 1.165) is 4.31 Å². The molecule has 0 aromatic heterocycles. The second-order valence-corrected chi connectivity index (χ2v) is 8.50. The van der Waals surface area contributed by atoms with Crippen molar-refractivity contribution in [2.45, 2.75) is 18.4 Å². The quantitative estimate of drug-likeness (QED) is 0.621. The van der Waals surface area contributed by atoms with E-state index in [2.05, 4.69) is 5.32 Å². The van der Waals surface area contributed by atoms with Crippen molar-refractivity contribution < 1.29 is 27.5 Å². The molecule has 0 saturated carbocycles. The molecule has 0 heterocycles. The van der Waals surface area contributed by atoms with Crippen molar-refractivity contribution in [3.05, 3.63) is 53.6 Å². The minimum Gasteiger partial charge on any atom is -0.497 e. The fourth-order valence-electron chi connectivity index (χ4n) is 2.53. The third-order valence-electron chi connectivity index (χ3n) is 4.13. The number of methoxy groups -OCH3 is 1. The summed E-state index contributed by atoms with van der Waals surface area (Å²) in [6.45, 7) is 1.08. The molecule has 9 heteroatoms. The van der Waals surface area contributed by atoms with Crippen LogP contribution >= 0.6 is 0 Å². The van der Waals surface area contributed by atoms with Crippen LogP contribution in [0.3, 0.4) is 0 Å². The highest BCUT2D eigenvalue weighted by atomic mass is 32.2. The normalized spacial score (nSPS) is 11.2. The van der Waals surface area contributed by atoms with Gasteiger partial charge in [-0.2, -0.15) is 0 Å². The molecule has 0 aliphatic carbocycles. The number of ether oxygens (including phenoxy) is 2. The molecule has 0 fully saturated rings. The number of Topliss-reactive ketones (excluding diaryl/α,β-unsaturated/α-hetero) is 1. The van der Waals surface area contributed by atoms with E-state index < -0.39 is 15.9 Å². The summed E-state index contributed by atoms with van der Waals surface area (Å²) >= 11 is 0. The number of hydrogen-bond donors (Lipinski definition) is 1. The number of sulfonamides is 1. The summed E-state index contributed by atoms with van der Waals surface area (Å²) in [5.41, 5.74) is 0.793. The maximum atomic E-state index is 12.4. The van der Waals surface area contributed by atoms with Crippen LogP contribution in [0, 0.1) is 0 Å². The molecule has 2 aromatic rings. The Morgan fingerprint density at radius 3 is 2.41 bits per heavy atom. The van der Waals surface area contributed by atoms with Gasteiger partial charge in [0, 0.05) is 26.7 Å². The van der Waals surface area contributed by atoms with Crippen molar-refractivity contribution in [1.82, 2.24) is 9.62 Å². The molecule has 0 aliphatic heterocycles. The largest absolute Gasteiger partial charge is 0.497 e. The predicted molar refractivity (Wildman–Crippen MR) is 108 cm³/mol. The van der Waals surface area contributed by atoms with Crippen LogP contribution in [0.2, 0.25) is 0 Å². The first-order valence-corrected chi connectivity index (χ1v) is 10.2. The van der Waals surface area contributed by atoms with Gasteiger partial charge in [-0.3, -0.25) is 9.59 Å². The van der Waals surface area contributed by atoms with E-state index in [-0.39, 0.29) is 29.6 Å². The Kier molecular flexibility index (Phi) is 7.35. The average Bonchev–Trinajstić information content (AvgIpc) is 2.70. The highest BCUT2D eigenvalue weighted by molar-refractivity contribution is 7.89. The minimum absolute atomic E-state index is 0.0170. The lowest BCUT2D eigenvalue weighted by atomic mass is 10.1. The van der Waals surface area contributed by atoms with Gasteiger partial charge in [-0.15, -0.1) is 0 Å². The molecule has 0 spiro atoms. The first-order valence-electron chi connectivity index (χ1n) is 8.75. The molecule has 0 radical (unpaired) electrons. The number of nitrogens with zero attached hydrogens (tertiary/aromatic N) is 1. The van der Waals surface area contributed by atoms with Crippen molar-refractivity contribution in [2.75, 3.05) is 27.8 Å². The molecule has 2 rings (SSSR count). The number of carbonyl (C=O) groups is 2. The smallest absolute Gasteiger partial charge is 0.258 e. The molecule has 0 unspecified atom stereocenters. The summed E-state index contributed by atoms with van der Waals surface area (Å²) in [4.78, 5) is 24.1. The lowest BCUT2D eigenvalue weighted by Gasteiger charge is -2.16. The maximum Gasteiger partial charge on any atom is 0.258 e. The fourth-order valence-corrected chi connectivity index (χ4v) is 3.64. The Morgan fingerprint density at radius 1 is 1.10 bits per heavy atom. The lowest BCUT2D eigenvalue weighted by Crippen LogP contribution is -2.30. The van der Waals surface area contributed by atoms with Gasteiger partial charge in [0.2, 0.25) is 10.0 Å². The van der Waals surface area contributed by atoms with Crippen molar-refractivity contribution in [1.29, 1.82) is 0 Å². The Hall–Kier alpha value is -2.91. The van der Waals surface area contributed by atoms with Gasteiger partial charge in [-0.25, -0.2) is 12.7 Å². The third kappa shape index (κ3) is 5.55. The summed E-state index contributed by atoms with van der Waals surface area (Å²) < 4.78 is 36.5. The van der Waals surface area contributed by atoms with Crippen LogP contribution in [0.25, 0.3) is 0 Å². The topological polar surface area (TPSA) is 102 Å². The van der Waals surface area contributed by atoms with E-state index in [0.29, 0.717) is 16.9 Å². The molecule has 156 valence electrons. The second-order valence-electron chi connectivity index (χ2n) is 6.38. The number of rotatable bonds is 9. The van der Waals surface area contributed by atoms with Crippen LogP contribution in [0.5, 0.6) is 11.5 Å². The summed E-state index contributed by atoms with van der Waals surface area (Å²) in [7, 11) is 0.738. The van der Waals surface area contributed by atoms with E-state index in [1.165, 1.54) is 40.3 Å². The van der Waals surface area contributed by atoms with Gasteiger partial charge in [0.05, 0.1) is 17.6 Å². The molecule has 8 nitrogen and oxygen atoms in total. The first kappa shape index (κ1) is 22.4. The highest BCUT2D eigenvalue weighted by Crippen LogP contribution is 2.25. The van der Waals surface area contributed by atoms with Gasteiger partial charge in [-0.05, 0) is 30.7 Å². The predicted octanol–water partition coefficient (Wildman–Crippen LogP) is 1.84. The Balaban J connectivity index is 2.07. The van der Waals surface area contributed by atoms with Crippen LogP contribution in [-0.4, -0.2) is 52.2 Å². The average molecular weight is 420 g/mol. The van der Waals surface area contributed by atoms with E-state index in [9.17, 15) is 18.0 Å². The van der Waals surface area contributed by atoms with E-state index in [4.69, 9.17) is 9.47 Å². The minimum atomic E-state index is -3.63. The number of ketones is 1. The van der Waals surface area contributed by atoms with Gasteiger partial charge in [0.25, 0.3) is 5.91 Å². The fraction of sp³-hybridized carbons (Fsp3) is 0.300. The molecule has 1 N–H and O–H groups in total. The maximum absolute atomic E-state index is 12.4. The van der Waals surface area contributed by atoms with Crippen molar-refractivity contribution in [3.63, 3.8) is 0 Å². The molecular formula is C20H24N2O6S. The van der Waals surface area contributed by atoms with Gasteiger partial charge >= 0.3 is 0 Å². The van der Waals surface area contributed by atoms with E-state index in [1.807, 2.05) is 0 Å². The molecular weight excluding hydrogens is 396 g/mol. The van der Waals surface area contributed by atoms with Crippen molar-refractivity contribution in [3.8, 4) is 11.5 Å². The molecule has 1 amide bonds. The van der Waals surface area contributed by atoms with Gasteiger partial charge in [-0.1, -0.05) is 18.2 Å². The van der Waals surface area contributed by atoms with Crippen LogP contribution in [0.1, 0.15) is 22.8 Å². The van der Waals surface area contributed by atoms with Crippen molar-refractivity contribution in [2.24, 2.45) is 0 Å². The Bertz CT molecular complexity index is 1000. The zero-order valence-electron chi connectivity index (χ0n) is 16.8. The van der Waals surface area contributed by atoms with Crippen LogP contribution in [0.15, 0.2) is 47.4 Å². The van der Waals surface area contributed by atoms with Crippen molar-refractivity contribution >= 4 is 21.7 Å². The van der Waals surface area contributed by atoms with Gasteiger partial charge < -0.3 is 14.8 Å². The molecule has 2 aromatic carbocycles. The number of carbonyl (C=O) groups excluding carboxylic acids is 2. The summed E-state index contributed by atoms with van der Waals surface area (Å²) in [6, 6.07) is 11.2. The van der Waals surface area contributed by atoms with Gasteiger partial charge in [0.15, 0.2) is 12.4 Å². The zero-order valence-corrected chi connectivity index (χ0v) is 17.6. The van der Waals surface area contributed by atoms with E-state index >= 15 is 0 Å². The molecule has 0 atom stereocenters. The summed E-state index contributed by atoms with van der Waals surface area (Å²) in [5.74, 6) is 0.0704. The first-order chi connectivity index (χ1) is 13.7. The Morgan fingerprint density at radius 2 is 1.79 bits per heavy atom. The summed E-state index contributed by atoms with van der Waals surface area (Å²) in [6.07, 6.45) is 0. The van der Waals surface area contributed by atoms with Crippen LogP contribution < -0.4 is 14.8 Å². The van der Waals surface area contributed by atoms with Crippen LogP contribution in [-0.2, 0) is 21.4 Å². The SMILES string of the molecule is COc1ccc(C(C)=O)c(OCC(=O)NCc2ccccc2S(=O)(=O)N(C)C)c1. The standard InChI is InChI=1S/C20H24N2O6S/c1-14(23)17-10-9-16(27-4)11-18(17)28-13-20(24)21-12-15-7-5-6-8-19(15)29(25,26)22(2)3/h5-11H,12-13H2,1-4H3,(H,21,24). The monoisotopic (exact) mass is 420 g/mol. The number of nitrogens with one attached hydrogen (secondary N) is 1. The summed E-state index contributed by atoms with van der Waals surface area (Å²) in [5, 5.41) is 2.63.